The summed E-state index contributed by atoms with van der Waals surface area (Å²) in [5, 5.41) is 0. The lowest BCUT2D eigenvalue weighted by Gasteiger charge is -2.34. The van der Waals surface area contributed by atoms with E-state index in [9.17, 15) is 0 Å². The van der Waals surface area contributed by atoms with E-state index in [-0.39, 0.29) is 0 Å². The Morgan fingerprint density at radius 1 is 0.625 bits per heavy atom. The van der Waals surface area contributed by atoms with Crippen LogP contribution in [0.25, 0.3) is 34.3 Å². The maximum atomic E-state index is 6.71. The largest absolute Gasteiger partial charge is 0.450 e. The molecule has 4 nitrogen and oxygen atoms in total. The first kappa shape index (κ1) is 28.1. The Morgan fingerprint density at radius 3 is 1.92 bits per heavy atom. The predicted octanol–water partition coefficient (Wildman–Crippen LogP) is 11.0. The van der Waals surface area contributed by atoms with Gasteiger partial charge in [-0.1, -0.05) is 117 Å². The summed E-state index contributed by atoms with van der Waals surface area (Å²) in [5.74, 6) is 3.56. The van der Waals surface area contributed by atoms with Crippen LogP contribution in [0.5, 0.6) is 23.0 Å². The highest BCUT2D eigenvalue weighted by molar-refractivity contribution is 5.88. The van der Waals surface area contributed by atoms with Crippen LogP contribution in [0.1, 0.15) is 40.6 Å². The van der Waals surface area contributed by atoms with Gasteiger partial charge in [0, 0.05) is 11.3 Å². The molecule has 2 aliphatic rings. The molecule has 0 radical (unpaired) electrons. The van der Waals surface area contributed by atoms with Crippen LogP contribution in [0.3, 0.4) is 0 Å². The van der Waals surface area contributed by atoms with E-state index in [1.807, 2.05) is 36.4 Å². The summed E-state index contributed by atoms with van der Waals surface area (Å²) < 4.78 is 15.6. The SMILES string of the molecule is C=Cc1nc(-c2ccc3c(c2)Oc2cc4c(cc2O3)C(c2ccccc2)(c2ccccc2)c2ccccc2-4)n(-c2ccccc2)c1CC. The van der Waals surface area contributed by atoms with Crippen LogP contribution in [0, 0.1) is 0 Å². The highest BCUT2D eigenvalue weighted by Crippen LogP contribution is 2.59. The van der Waals surface area contributed by atoms with E-state index < -0.39 is 5.41 Å². The molecular weight excluding hydrogens is 588 g/mol. The topological polar surface area (TPSA) is 36.3 Å². The lowest BCUT2D eigenvalue weighted by Crippen LogP contribution is -2.28. The molecule has 48 heavy (non-hydrogen) atoms. The lowest BCUT2D eigenvalue weighted by molar-refractivity contribution is 0.359. The number of hydrogen-bond donors (Lipinski definition) is 0. The number of ether oxygens (including phenoxy) is 2. The molecule has 230 valence electrons. The summed E-state index contributed by atoms with van der Waals surface area (Å²) in [5.41, 5.74) is 10.7. The van der Waals surface area contributed by atoms with Gasteiger partial charge < -0.3 is 9.47 Å². The molecule has 1 aliphatic carbocycles. The van der Waals surface area contributed by atoms with Crippen molar-refractivity contribution in [3.05, 3.63) is 186 Å². The molecule has 0 amide bonds. The van der Waals surface area contributed by atoms with Gasteiger partial charge in [0.2, 0.25) is 0 Å². The molecule has 0 atom stereocenters. The van der Waals surface area contributed by atoms with Crippen molar-refractivity contribution >= 4 is 6.08 Å². The summed E-state index contributed by atoms with van der Waals surface area (Å²) in [6.45, 7) is 6.20. The fraction of sp³-hybridized carbons (Fsp3) is 0.0682. The Morgan fingerprint density at radius 2 is 1.23 bits per heavy atom. The Labute approximate surface area is 280 Å². The number of imidazole rings is 1. The molecule has 2 heterocycles. The minimum absolute atomic E-state index is 0.509. The van der Waals surface area contributed by atoms with E-state index in [1.54, 1.807) is 0 Å². The van der Waals surface area contributed by atoms with Crippen molar-refractivity contribution in [1.29, 1.82) is 0 Å². The van der Waals surface area contributed by atoms with Crippen LogP contribution in [0.4, 0.5) is 0 Å². The van der Waals surface area contributed by atoms with Gasteiger partial charge in [0.15, 0.2) is 23.0 Å². The molecule has 9 rings (SSSR count). The lowest BCUT2D eigenvalue weighted by atomic mass is 9.67. The third-order valence-corrected chi connectivity index (χ3v) is 9.71. The van der Waals surface area contributed by atoms with Gasteiger partial charge in [0.25, 0.3) is 0 Å². The average Bonchev–Trinajstić information content (AvgIpc) is 3.67. The molecule has 7 aromatic rings. The zero-order chi connectivity index (χ0) is 32.2. The van der Waals surface area contributed by atoms with Gasteiger partial charge in [-0.15, -0.1) is 0 Å². The Bertz CT molecular complexity index is 2300. The molecule has 0 N–H and O–H groups in total. The van der Waals surface area contributed by atoms with E-state index in [4.69, 9.17) is 14.5 Å². The fourth-order valence-corrected chi connectivity index (χ4v) is 7.68. The molecule has 6 aromatic carbocycles. The van der Waals surface area contributed by atoms with Gasteiger partial charge >= 0.3 is 0 Å². The maximum Gasteiger partial charge on any atom is 0.170 e. The molecule has 1 aliphatic heterocycles. The van der Waals surface area contributed by atoms with Crippen LogP contribution in [0.2, 0.25) is 0 Å². The van der Waals surface area contributed by atoms with E-state index in [1.165, 1.54) is 27.8 Å². The Kier molecular flexibility index (Phi) is 6.44. The van der Waals surface area contributed by atoms with Crippen LogP contribution in [-0.2, 0) is 11.8 Å². The number of hydrogen-bond acceptors (Lipinski definition) is 3. The zero-order valence-corrected chi connectivity index (χ0v) is 26.6. The third-order valence-electron chi connectivity index (χ3n) is 9.71. The van der Waals surface area contributed by atoms with Crippen LogP contribution >= 0.6 is 0 Å². The van der Waals surface area contributed by atoms with E-state index in [0.717, 1.165) is 40.4 Å². The fourth-order valence-electron chi connectivity index (χ4n) is 7.68. The first-order valence-corrected chi connectivity index (χ1v) is 16.4. The first-order chi connectivity index (χ1) is 23.7. The molecule has 0 saturated carbocycles. The number of aromatic nitrogens is 2. The van der Waals surface area contributed by atoms with Crippen LogP contribution in [0.15, 0.2) is 152 Å². The molecule has 0 fully saturated rings. The minimum Gasteiger partial charge on any atom is -0.450 e. The predicted molar refractivity (Wildman–Crippen MR) is 192 cm³/mol. The van der Waals surface area contributed by atoms with Crippen molar-refractivity contribution in [2.75, 3.05) is 0 Å². The van der Waals surface area contributed by atoms with Gasteiger partial charge in [-0.25, -0.2) is 4.98 Å². The first-order valence-electron chi connectivity index (χ1n) is 16.4. The van der Waals surface area contributed by atoms with Crippen molar-refractivity contribution in [3.8, 4) is 51.2 Å². The van der Waals surface area contributed by atoms with Crippen molar-refractivity contribution in [1.82, 2.24) is 9.55 Å². The minimum atomic E-state index is -0.509. The van der Waals surface area contributed by atoms with E-state index in [0.29, 0.717) is 23.0 Å². The maximum absolute atomic E-state index is 6.71. The normalized spacial score (nSPS) is 13.4. The highest BCUT2D eigenvalue weighted by Gasteiger charge is 2.47. The van der Waals surface area contributed by atoms with E-state index >= 15 is 0 Å². The van der Waals surface area contributed by atoms with Gasteiger partial charge in [0.1, 0.15) is 5.82 Å². The molecule has 1 aromatic heterocycles. The summed E-state index contributed by atoms with van der Waals surface area (Å²) in [4.78, 5) is 5.03. The van der Waals surface area contributed by atoms with E-state index in [2.05, 4.69) is 133 Å². The monoisotopic (exact) mass is 620 g/mol. The quantitative estimate of drug-likeness (QED) is 0.186. The Balaban J connectivity index is 1.20. The van der Waals surface area contributed by atoms with Crippen molar-refractivity contribution in [3.63, 3.8) is 0 Å². The second kappa shape index (κ2) is 11.0. The van der Waals surface area contributed by atoms with Gasteiger partial charge in [-0.2, -0.15) is 0 Å². The second-order valence-electron chi connectivity index (χ2n) is 12.2. The standard InChI is InChI=1S/C44H32N2O2/c1-3-37-38(4-2)46(32-20-12-7-13-21-32)43(45-37)29-24-25-39-40(26-29)48-41-27-34-33-22-14-15-23-35(33)44(30-16-8-5-9-17-30,31-18-10-6-11-19-31)36(34)28-42(41)47-39/h3,5-28H,1,4H2,2H3. The molecule has 0 spiro atoms. The van der Waals surface area contributed by atoms with Crippen LogP contribution < -0.4 is 9.47 Å². The molecule has 4 heteroatoms. The van der Waals surface area contributed by atoms with Crippen molar-refractivity contribution in [2.24, 2.45) is 0 Å². The summed E-state index contributed by atoms with van der Waals surface area (Å²) in [7, 11) is 0. The number of fused-ring (bicyclic) bond motifs is 5. The summed E-state index contributed by atoms with van der Waals surface area (Å²) >= 11 is 0. The van der Waals surface area contributed by atoms with Gasteiger partial charge in [-0.3, -0.25) is 4.57 Å². The highest BCUT2D eigenvalue weighted by atomic mass is 16.6. The third kappa shape index (κ3) is 4.06. The second-order valence-corrected chi connectivity index (χ2v) is 12.2. The molecule has 0 bridgehead atoms. The van der Waals surface area contributed by atoms with Crippen molar-refractivity contribution in [2.45, 2.75) is 18.8 Å². The average molecular weight is 621 g/mol. The number of benzene rings is 6. The molecule has 0 unspecified atom stereocenters. The summed E-state index contributed by atoms with van der Waals surface area (Å²) in [6.07, 6.45) is 2.65. The number of rotatable bonds is 6. The van der Waals surface area contributed by atoms with Gasteiger partial charge in [-0.05, 0) is 88.3 Å². The van der Waals surface area contributed by atoms with Crippen LogP contribution in [-0.4, -0.2) is 9.55 Å². The number of para-hydroxylation sites is 1. The van der Waals surface area contributed by atoms with Gasteiger partial charge in [0.05, 0.1) is 16.8 Å². The summed E-state index contributed by atoms with van der Waals surface area (Å²) in [6, 6.07) is 51.0. The smallest absolute Gasteiger partial charge is 0.170 e. The molecular formula is C44H32N2O2. The van der Waals surface area contributed by atoms with Crippen molar-refractivity contribution < 1.29 is 9.47 Å². The zero-order valence-electron chi connectivity index (χ0n) is 26.6. The number of nitrogens with zero attached hydrogens (tertiary/aromatic N) is 2. The molecule has 0 saturated heterocycles. The Hall–Kier alpha value is -6.13.